The number of hydrogen-bond acceptors (Lipinski definition) is 2. The third kappa shape index (κ3) is 3.58. The fraction of sp³-hybridized carbons (Fsp3) is 0. The Hall–Kier alpha value is -2.79. The van der Waals surface area contributed by atoms with Crippen molar-refractivity contribution in [1.82, 2.24) is 0 Å². The van der Waals surface area contributed by atoms with Gasteiger partial charge in [-0.1, -0.05) is 48.6 Å². The van der Waals surface area contributed by atoms with Crippen molar-refractivity contribution in [2.75, 3.05) is 0 Å². The Morgan fingerprint density at radius 3 is 2.37 bits per heavy atom. The number of allylic oxidation sites excluding steroid dienone is 1. The van der Waals surface area contributed by atoms with Crippen molar-refractivity contribution in [2.24, 2.45) is 0 Å². The molecule has 0 radical (unpaired) electrons. The first-order valence-electron chi connectivity index (χ1n) is 5.92. The number of benzene rings is 2. The number of phenols is 1. The minimum Gasteiger partial charge on any atom is -0.507 e. The molecule has 0 fully saturated rings. The molecule has 2 heteroatoms. The van der Waals surface area contributed by atoms with Gasteiger partial charge in [0, 0.05) is 11.6 Å². The van der Waals surface area contributed by atoms with Crippen molar-refractivity contribution in [2.45, 2.75) is 0 Å². The van der Waals surface area contributed by atoms with Gasteiger partial charge in [0.25, 0.3) is 0 Å². The van der Waals surface area contributed by atoms with E-state index in [0.717, 1.165) is 11.1 Å². The predicted octanol–water partition coefficient (Wildman–Crippen LogP) is 4.10. The van der Waals surface area contributed by atoms with E-state index in [0.29, 0.717) is 5.56 Å². The van der Waals surface area contributed by atoms with Gasteiger partial charge in [0.1, 0.15) is 5.75 Å². The van der Waals surface area contributed by atoms with Gasteiger partial charge in [-0.25, -0.2) is 0 Å². The van der Waals surface area contributed by atoms with Gasteiger partial charge in [-0.3, -0.25) is 0 Å². The maximum atomic E-state index is 9.66. The molecule has 2 aromatic carbocycles. The summed E-state index contributed by atoms with van der Waals surface area (Å²) in [4.78, 5) is 0. The molecule has 0 bridgehead atoms. The molecule has 19 heavy (non-hydrogen) atoms. The molecule has 0 aliphatic heterocycles. The lowest BCUT2D eigenvalue weighted by Crippen LogP contribution is -1.78. The first-order valence-corrected chi connectivity index (χ1v) is 5.92. The zero-order chi connectivity index (χ0) is 13.5. The molecule has 0 aromatic heterocycles. The third-order valence-corrected chi connectivity index (χ3v) is 2.66. The minimum absolute atomic E-state index is 0.170. The van der Waals surface area contributed by atoms with Gasteiger partial charge in [-0.15, -0.1) is 0 Å². The summed E-state index contributed by atoms with van der Waals surface area (Å²) in [5, 5.41) is 18.2. The lowest BCUT2D eigenvalue weighted by molar-refractivity contribution is 0.474. The van der Waals surface area contributed by atoms with Crippen LogP contribution in [0.1, 0.15) is 16.7 Å². The van der Waals surface area contributed by atoms with Crippen LogP contribution in [0.15, 0.2) is 54.6 Å². The topological polar surface area (TPSA) is 44.0 Å². The molecule has 0 aliphatic rings. The first-order chi connectivity index (χ1) is 9.29. The molecule has 0 saturated heterocycles. The van der Waals surface area contributed by atoms with Crippen molar-refractivity contribution >= 4 is 18.2 Å². The highest BCUT2D eigenvalue weighted by Gasteiger charge is 1.97. The van der Waals surface area contributed by atoms with Crippen LogP contribution in [0.4, 0.5) is 0 Å². The van der Waals surface area contributed by atoms with E-state index in [1.807, 2.05) is 60.7 Å². The van der Waals surface area contributed by atoms with E-state index in [-0.39, 0.29) is 5.75 Å². The summed E-state index contributed by atoms with van der Waals surface area (Å²) in [6.45, 7) is 0. The largest absolute Gasteiger partial charge is 0.507 e. The average molecular weight is 247 g/mol. The Bertz CT molecular complexity index is 649. The van der Waals surface area contributed by atoms with Crippen molar-refractivity contribution < 1.29 is 5.11 Å². The van der Waals surface area contributed by atoms with Gasteiger partial charge in [0.05, 0.1) is 6.07 Å². The van der Waals surface area contributed by atoms with E-state index >= 15 is 0 Å². The Kier molecular flexibility index (Phi) is 4.15. The third-order valence-electron chi connectivity index (χ3n) is 2.66. The Morgan fingerprint density at radius 2 is 1.63 bits per heavy atom. The molecule has 1 N–H and O–H groups in total. The quantitative estimate of drug-likeness (QED) is 0.655. The number of nitriles is 1. The highest BCUT2D eigenvalue weighted by atomic mass is 16.3. The summed E-state index contributed by atoms with van der Waals surface area (Å²) in [6, 6.07) is 17.2. The van der Waals surface area contributed by atoms with Crippen LogP contribution in [-0.2, 0) is 0 Å². The SMILES string of the molecule is N#C/C=C/c1cc(/C=C/c2ccccc2)ccc1O. The summed E-state index contributed by atoms with van der Waals surface area (Å²) in [7, 11) is 0. The second kappa shape index (κ2) is 6.23. The van der Waals surface area contributed by atoms with E-state index in [1.165, 1.54) is 6.08 Å². The molecule has 92 valence electrons. The number of rotatable bonds is 3. The number of aromatic hydroxyl groups is 1. The molecule has 0 spiro atoms. The van der Waals surface area contributed by atoms with Crippen LogP contribution in [0, 0.1) is 11.3 Å². The van der Waals surface area contributed by atoms with Crippen molar-refractivity contribution in [3.8, 4) is 11.8 Å². The van der Waals surface area contributed by atoms with E-state index < -0.39 is 0 Å². The maximum absolute atomic E-state index is 9.66. The van der Waals surface area contributed by atoms with Crippen LogP contribution >= 0.6 is 0 Å². The molecule has 0 heterocycles. The summed E-state index contributed by atoms with van der Waals surface area (Å²) >= 11 is 0. The lowest BCUT2D eigenvalue weighted by Gasteiger charge is -2.00. The highest BCUT2D eigenvalue weighted by molar-refractivity contribution is 5.72. The molecule has 2 aromatic rings. The van der Waals surface area contributed by atoms with Crippen molar-refractivity contribution in [3.05, 3.63) is 71.3 Å². The van der Waals surface area contributed by atoms with Crippen LogP contribution < -0.4 is 0 Å². The van der Waals surface area contributed by atoms with Gasteiger partial charge in [-0.2, -0.15) is 5.26 Å². The van der Waals surface area contributed by atoms with E-state index in [1.54, 1.807) is 12.1 Å². The zero-order valence-electron chi connectivity index (χ0n) is 10.3. The molecular weight excluding hydrogens is 234 g/mol. The highest BCUT2D eigenvalue weighted by Crippen LogP contribution is 2.21. The smallest absolute Gasteiger partial charge is 0.122 e. The van der Waals surface area contributed by atoms with Crippen LogP contribution in [0.25, 0.3) is 18.2 Å². The Morgan fingerprint density at radius 1 is 0.895 bits per heavy atom. The van der Waals surface area contributed by atoms with E-state index in [2.05, 4.69) is 0 Å². The number of phenolic OH excluding ortho intramolecular Hbond substituents is 1. The standard InChI is InChI=1S/C17H13NO/c18-12-4-7-16-13-15(10-11-17(16)19)9-8-14-5-2-1-3-6-14/h1-11,13,19H/b7-4+,9-8+. The minimum atomic E-state index is 0.170. The van der Waals surface area contributed by atoms with Crippen LogP contribution in [-0.4, -0.2) is 5.11 Å². The van der Waals surface area contributed by atoms with Gasteiger partial charge < -0.3 is 5.11 Å². The van der Waals surface area contributed by atoms with Gasteiger partial charge >= 0.3 is 0 Å². The molecular formula is C17H13NO. The van der Waals surface area contributed by atoms with E-state index in [9.17, 15) is 5.11 Å². The molecule has 0 saturated carbocycles. The second-order valence-electron chi connectivity index (χ2n) is 4.02. The molecule has 0 aliphatic carbocycles. The summed E-state index contributed by atoms with van der Waals surface area (Å²) < 4.78 is 0. The number of nitrogens with zero attached hydrogens (tertiary/aromatic N) is 1. The van der Waals surface area contributed by atoms with Crippen molar-refractivity contribution in [1.29, 1.82) is 5.26 Å². The first kappa shape index (κ1) is 12.7. The Balaban J connectivity index is 2.25. The van der Waals surface area contributed by atoms with Crippen LogP contribution in [0.5, 0.6) is 5.75 Å². The monoisotopic (exact) mass is 247 g/mol. The van der Waals surface area contributed by atoms with Gasteiger partial charge in [0.2, 0.25) is 0 Å². The molecule has 0 atom stereocenters. The summed E-state index contributed by atoms with van der Waals surface area (Å²) in [6.07, 6.45) is 6.91. The normalized spacial score (nSPS) is 10.9. The van der Waals surface area contributed by atoms with Crippen molar-refractivity contribution in [3.63, 3.8) is 0 Å². The molecule has 0 amide bonds. The number of hydrogen-bond donors (Lipinski definition) is 1. The zero-order valence-corrected chi connectivity index (χ0v) is 10.3. The van der Waals surface area contributed by atoms with Gasteiger partial charge in [-0.05, 0) is 29.3 Å². The second-order valence-corrected chi connectivity index (χ2v) is 4.02. The maximum Gasteiger partial charge on any atom is 0.122 e. The Labute approximate surface area is 112 Å². The lowest BCUT2D eigenvalue weighted by atomic mass is 10.1. The molecule has 2 nitrogen and oxygen atoms in total. The molecule has 0 unspecified atom stereocenters. The van der Waals surface area contributed by atoms with Crippen LogP contribution in [0.3, 0.4) is 0 Å². The van der Waals surface area contributed by atoms with Gasteiger partial charge in [0.15, 0.2) is 0 Å². The summed E-state index contributed by atoms with van der Waals surface area (Å²) in [5.41, 5.74) is 2.72. The average Bonchev–Trinajstić information content (AvgIpc) is 2.46. The summed E-state index contributed by atoms with van der Waals surface area (Å²) in [5.74, 6) is 0.170. The molecule has 2 rings (SSSR count). The van der Waals surface area contributed by atoms with Crippen LogP contribution in [0.2, 0.25) is 0 Å². The van der Waals surface area contributed by atoms with E-state index in [4.69, 9.17) is 5.26 Å². The predicted molar refractivity (Wildman–Crippen MR) is 78.1 cm³/mol. The fourth-order valence-electron chi connectivity index (χ4n) is 1.69. The fourth-order valence-corrected chi connectivity index (χ4v) is 1.69.